The van der Waals surface area contributed by atoms with Crippen molar-refractivity contribution in [1.82, 2.24) is 0 Å². The van der Waals surface area contributed by atoms with Gasteiger partial charge in [0.05, 0.1) is 0 Å². The zero-order valence-electron chi connectivity index (χ0n) is 12.2. The van der Waals surface area contributed by atoms with Gasteiger partial charge in [0.25, 0.3) is 10.1 Å². The van der Waals surface area contributed by atoms with E-state index in [1.165, 1.54) is 45.4 Å². The maximum absolute atomic E-state index is 11.5. The van der Waals surface area contributed by atoms with Crippen molar-refractivity contribution in [3.05, 3.63) is 0 Å². The van der Waals surface area contributed by atoms with Crippen LogP contribution in [-0.2, 0) is 14.9 Å². The summed E-state index contributed by atoms with van der Waals surface area (Å²) < 4.78 is 30.3. The number of Topliss-reactive ketones (excluding diaryl/α,β-unsaturated/α-hetero) is 1. The molecule has 19 heavy (non-hydrogen) atoms. The summed E-state index contributed by atoms with van der Waals surface area (Å²) in [7, 11) is -4.21. The average Bonchev–Trinajstić information content (AvgIpc) is 2.34. The van der Waals surface area contributed by atoms with Crippen molar-refractivity contribution in [1.29, 1.82) is 0 Å². The molecule has 0 bridgehead atoms. The largest absolute Gasteiger partial charge is 0.298 e. The van der Waals surface area contributed by atoms with Crippen molar-refractivity contribution in [3.63, 3.8) is 0 Å². The van der Waals surface area contributed by atoms with Gasteiger partial charge >= 0.3 is 0 Å². The van der Waals surface area contributed by atoms with Crippen LogP contribution in [0.4, 0.5) is 0 Å². The molecule has 114 valence electrons. The van der Waals surface area contributed by atoms with Gasteiger partial charge < -0.3 is 0 Å². The summed E-state index contributed by atoms with van der Waals surface area (Å²) in [5, 5.41) is -1.28. The van der Waals surface area contributed by atoms with Crippen molar-refractivity contribution in [2.75, 3.05) is 0 Å². The third-order valence-electron chi connectivity index (χ3n) is 3.43. The van der Waals surface area contributed by atoms with E-state index in [1.54, 1.807) is 0 Å². The first-order valence-corrected chi connectivity index (χ1v) is 8.89. The Morgan fingerprint density at radius 2 is 1.37 bits per heavy atom. The first-order valence-electron chi connectivity index (χ1n) is 7.38. The van der Waals surface area contributed by atoms with E-state index in [0.717, 1.165) is 12.8 Å². The third kappa shape index (κ3) is 10.1. The lowest BCUT2D eigenvalue weighted by molar-refractivity contribution is -0.118. The van der Waals surface area contributed by atoms with Gasteiger partial charge in [0.15, 0.2) is 5.78 Å². The summed E-state index contributed by atoms with van der Waals surface area (Å²) in [6.45, 7) is 3.44. The minimum absolute atomic E-state index is 0.247. The summed E-state index contributed by atoms with van der Waals surface area (Å²) in [4.78, 5) is 11.5. The van der Waals surface area contributed by atoms with Crippen LogP contribution in [0, 0.1) is 0 Å². The van der Waals surface area contributed by atoms with Crippen LogP contribution >= 0.6 is 0 Å². The molecule has 1 atom stereocenters. The second-order valence-electron chi connectivity index (χ2n) is 5.20. The summed E-state index contributed by atoms with van der Waals surface area (Å²) in [5.41, 5.74) is 0. The quantitative estimate of drug-likeness (QED) is 0.439. The van der Waals surface area contributed by atoms with Gasteiger partial charge in [-0.3, -0.25) is 9.35 Å². The predicted octanol–water partition coefficient (Wildman–Crippen LogP) is 3.75. The Labute approximate surface area is 117 Å². The lowest BCUT2D eigenvalue weighted by atomic mass is 10.0. The third-order valence-corrected chi connectivity index (χ3v) is 4.58. The minimum atomic E-state index is -4.21. The van der Waals surface area contributed by atoms with Gasteiger partial charge in [0.1, 0.15) is 5.25 Å². The van der Waals surface area contributed by atoms with Crippen molar-refractivity contribution in [2.24, 2.45) is 0 Å². The van der Waals surface area contributed by atoms with Gasteiger partial charge in [-0.25, -0.2) is 0 Å². The van der Waals surface area contributed by atoms with Crippen LogP contribution in [0.15, 0.2) is 0 Å². The van der Waals surface area contributed by atoms with Crippen LogP contribution in [0.2, 0.25) is 0 Å². The second-order valence-corrected chi connectivity index (χ2v) is 6.94. The molecule has 5 heteroatoms. The molecule has 0 aliphatic carbocycles. The monoisotopic (exact) mass is 292 g/mol. The summed E-state index contributed by atoms with van der Waals surface area (Å²) >= 11 is 0. The molecule has 0 aliphatic heterocycles. The number of ketones is 1. The normalized spacial score (nSPS) is 13.4. The van der Waals surface area contributed by atoms with Gasteiger partial charge in [-0.2, -0.15) is 8.42 Å². The van der Waals surface area contributed by atoms with Crippen LogP contribution in [0.5, 0.6) is 0 Å². The molecular formula is C14H28O4S. The maximum Gasteiger partial charge on any atom is 0.274 e. The van der Waals surface area contributed by atoms with Crippen LogP contribution < -0.4 is 0 Å². The van der Waals surface area contributed by atoms with Gasteiger partial charge in [0.2, 0.25) is 0 Å². The molecule has 0 heterocycles. The van der Waals surface area contributed by atoms with Gasteiger partial charge in [-0.15, -0.1) is 0 Å². The van der Waals surface area contributed by atoms with Crippen molar-refractivity contribution < 1.29 is 17.8 Å². The van der Waals surface area contributed by atoms with Gasteiger partial charge in [-0.1, -0.05) is 58.3 Å². The summed E-state index contributed by atoms with van der Waals surface area (Å²) in [6, 6.07) is 0. The lowest BCUT2D eigenvalue weighted by Crippen LogP contribution is -2.26. The molecule has 0 aromatic heterocycles. The smallest absolute Gasteiger partial charge is 0.274 e. The highest BCUT2D eigenvalue weighted by atomic mass is 32.2. The highest BCUT2D eigenvalue weighted by molar-refractivity contribution is 7.87. The molecule has 0 spiro atoms. The van der Waals surface area contributed by atoms with E-state index in [2.05, 4.69) is 6.92 Å². The zero-order chi connectivity index (χ0) is 14.7. The molecule has 0 saturated heterocycles. The summed E-state index contributed by atoms with van der Waals surface area (Å²) in [6.07, 6.45) is 10.6. The fourth-order valence-corrected chi connectivity index (χ4v) is 2.43. The highest BCUT2D eigenvalue weighted by Gasteiger charge is 2.24. The summed E-state index contributed by atoms with van der Waals surface area (Å²) in [5.74, 6) is -0.384. The standard InChI is InChI=1S/C14H28O4S/c1-3-4-5-6-7-8-9-10-11-12-14(15)13(2)19(16,17)18/h13H,3-12H2,1-2H3,(H,16,17,18). The fourth-order valence-electron chi connectivity index (χ4n) is 1.98. The topological polar surface area (TPSA) is 71.4 Å². The highest BCUT2D eigenvalue weighted by Crippen LogP contribution is 2.12. The molecule has 0 aromatic carbocycles. The second kappa shape index (κ2) is 10.4. The Morgan fingerprint density at radius 1 is 0.947 bits per heavy atom. The Kier molecular flexibility index (Phi) is 10.1. The van der Waals surface area contributed by atoms with E-state index in [4.69, 9.17) is 4.55 Å². The van der Waals surface area contributed by atoms with E-state index >= 15 is 0 Å². The van der Waals surface area contributed by atoms with Crippen molar-refractivity contribution in [2.45, 2.75) is 83.3 Å². The van der Waals surface area contributed by atoms with Gasteiger partial charge in [-0.05, 0) is 13.3 Å². The molecule has 1 N–H and O–H groups in total. The maximum atomic E-state index is 11.5. The van der Waals surface area contributed by atoms with Crippen LogP contribution in [0.1, 0.15) is 78.1 Å². The van der Waals surface area contributed by atoms with Crippen molar-refractivity contribution in [3.8, 4) is 0 Å². The van der Waals surface area contributed by atoms with Gasteiger partial charge in [0, 0.05) is 6.42 Å². The van der Waals surface area contributed by atoms with E-state index in [1.807, 2.05) is 0 Å². The van der Waals surface area contributed by atoms with E-state index < -0.39 is 15.4 Å². The molecule has 0 aliphatic rings. The molecule has 0 radical (unpaired) electrons. The van der Waals surface area contributed by atoms with Crippen molar-refractivity contribution >= 4 is 15.9 Å². The molecule has 0 saturated carbocycles. The fraction of sp³-hybridized carbons (Fsp3) is 0.929. The number of hydrogen-bond donors (Lipinski definition) is 1. The van der Waals surface area contributed by atoms with Crippen LogP contribution in [-0.4, -0.2) is 24.0 Å². The van der Waals surface area contributed by atoms with E-state index in [-0.39, 0.29) is 12.2 Å². The van der Waals surface area contributed by atoms with E-state index in [0.29, 0.717) is 6.42 Å². The zero-order valence-corrected chi connectivity index (χ0v) is 13.0. The molecule has 4 nitrogen and oxygen atoms in total. The first kappa shape index (κ1) is 18.6. The molecule has 0 aromatic rings. The minimum Gasteiger partial charge on any atom is -0.298 e. The number of carbonyl (C=O) groups excluding carboxylic acids is 1. The lowest BCUT2D eigenvalue weighted by Gasteiger charge is -2.06. The number of carbonyl (C=O) groups is 1. The molecule has 0 rings (SSSR count). The molecular weight excluding hydrogens is 264 g/mol. The van der Waals surface area contributed by atoms with Crippen LogP contribution in [0.25, 0.3) is 0 Å². The molecule has 1 unspecified atom stereocenters. The Morgan fingerprint density at radius 3 is 1.79 bits per heavy atom. The average molecular weight is 292 g/mol. The number of unbranched alkanes of at least 4 members (excludes halogenated alkanes) is 8. The first-order chi connectivity index (χ1) is 8.89. The number of rotatable bonds is 12. The number of hydrogen-bond acceptors (Lipinski definition) is 3. The molecule has 0 fully saturated rings. The van der Waals surface area contributed by atoms with E-state index in [9.17, 15) is 13.2 Å². The Balaban J connectivity index is 3.47. The Hall–Kier alpha value is -0.420. The SMILES string of the molecule is CCCCCCCCCCCC(=O)C(C)S(=O)(=O)O. The Bertz CT molecular complexity index is 335. The predicted molar refractivity (Wildman–Crippen MR) is 77.9 cm³/mol. The molecule has 0 amide bonds. The van der Waals surface area contributed by atoms with Crippen LogP contribution in [0.3, 0.4) is 0 Å².